The second kappa shape index (κ2) is 6.78. The smallest absolute Gasteiger partial charge is 0.134 e. The predicted molar refractivity (Wildman–Crippen MR) is 80.6 cm³/mol. The van der Waals surface area contributed by atoms with Crippen LogP contribution >= 0.6 is 11.3 Å². The highest BCUT2D eigenvalue weighted by Gasteiger charge is 2.11. The molecule has 19 heavy (non-hydrogen) atoms. The maximum atomic E-state index is 4.30. The van der Waals surface area contributed by atoms with E-state index in [9.17, 15) is 0 Å². The molecule has 2 aromatic rings. The normalized spacial score (nSPS) is 12.6. The van der Waals surface area contributed by atoms with E-state index in [1.54, 1.807) is 11.3 Å². The summed E-state index contributed by atoms with van der Waals surface area (Å²) in [5.74, 6) is 0. The zero-order valence-electron chi connectivity index (χ0n) is 11.8. The van der Waals surface area contributed by atoms with Crippen molar-refractivity contribution < 1.29 is 0 Å². The van der Waals surface area contributed by atoms with Gasteiger partial charge in [-0.2, -0.15) is 0 Å². The Hall–Kier alpha value is -1.26. The number of hydrogen-bond donors (Lipinski definition) is 1. The van der Waals surface area contributed by atoms with Gasteiger partial charge in [-0.3, -0.25) is 0 Å². The monoisotopic (exact) mass is 275 g/mol. The van der Waals surface area contributed by atoms with Crippen molar-refractivity contribution in [3.8, 4) is 0 Å². The predicted octanol–water partition coefficient (Wildman–Crippen LogP) is 3.50. The fraction of sp³-hybridized carbons (Fsp3) is 0.467. The summed E-state index contributed by atoms with van der Waals surface area (Å²) in [6.07, 6.45) is 2.01. The first-order valence-electron chi connectivity index (χ1n) is 6.80. The quantitative estimate of drug-likeness (QED) is 0.877. The first kappa shape index (κ1) is 14.2. The van der Waals surface area contributed by atoms with Crippen LogP contribution in [0.1, 0.15) is 47.5 Å². The summed E-state index contributed by atoms with van der Waals surface area (Å²) in [5.41, 5.74) is 2.59. The van der Waals surface area contributed by atoms with Crippen molar-refractivity contribution in [2.24, 2.45) is 0 Å². The van der Waals surface area contributed by atoms with Crippen molar-refractivity contribution in [2.45, 2.75) is 39.7 Å². The third-order valence-corrected chi connectivity index (χ3v) is 4.10. The number of aryl methyl sites for hydroxylation is 1. The Bertz CT molecular complexity index is 522. The number of rotatable bonds is 6. The van der Waals surface area contributed by atoms with Gasteiger partial charge >= 0.3 is 0 Å². The van der Waals surface area contributed by atoms with E-state index in [2.05, 4.69) is 60.6 Å². The molecule has 102 valence electrons. The lowest BCUT2D eigenvalue weighted by atomic mass is 10.1. The van der Waals surface area contributed by atoms with Crippen molar-refractivity contribution in [2.75, 3.05) is 6.54 Å². The average molecular weight is 275 g/mol. The standard InChI is InChI=1S/C15H21N3S/c1-4-8-16-12(3)15-18-17-14(19-15)10-13-7-5-6-11(2)9-13/h5-7,9,12,16H,4,8,10H2,1-3H3. The maximum absolute atomic E-state index is 4.30. The van der Waals surface area contributed by atoms with Gasteiger partial charge < -0.3 is 5.32 Å². The van der Waals surface area contributed by atoms with Crippen LogP contribution in [-0.2, 0) is 6.42 Å². The molecule has 3 nitrogen and oxygen atoms in total. The third-order valence-electron chi connectivity index (χ3n) is 2.99. The van der Waals surface area contributed by atoms with Gasteiger partial charge in [-0.15, -0.1) is 10.2 Å². The molecule has 1 aromatic carbocycles. The van der Waals surface area contributed by atoms with Crippen molar-refractivity contribution in [3.63, 3.8) is 0 Å². The summed E-state index contributed by atoms with van der Waals surface area (Å²) >= 11 is 1.71. The molecule has 1 aromatic heterocycles. The van der Waals surface area contributed by atoms with Crippen LogP contribution in [0.5, 0.6) is 0 Å². The summed E-state index contributed by atoms with van der Waals surface area (Å²) in [6, 6.07) is 8.86. The molecule has 1 atom stereocenters. The Morgan fingerprint density at radius 3 is 2.89 bits per heavy atom. The van der Waals surface area contributed by atoms with Crippen molar-refractivity contribution in [1.82, 2.24) is 15.5 Å². The molecule has 0 aliphatic heterocycles. The van der Waals surface area contributed by atoms with Gasteiger partial charge in [-0.25, -0.2) is 0 Å². The molecule has 1 heterocycles. The fourth-order valence-electron chi connectivity index (χ4n) is 1.96. The highest BCUT2D eigenvalue weighted by molar-refractivity contribution is 7.11. The second-order valence-electron chi connectivity index (χ2n) is 4.88. The molecule has 0 radical (unpaired) electrons. The van der Waals surface area contributed by atoms with Gasteiger partial charge in [-0.1, -0.05) is 48.1 Å². The van der Waals surface area contributed by atoms with E-state index in [-0.39, 0.29) is 0 Å². The van der Waals surface area contributed by atoms with Gasteiger partial charge in [0.25, 0.3) is 0 Å². The van der Waals surface area contributed by atoms with Crippen LogP contribution in [0.15, 0.2) is 24.3 Å². The number of nitrogens with one attached hydrogen (secondary N) is 1. The Balaban J connectivity index is 2.01. The zero-order valence-corrected chi connectivity index (χ0v) is 12.6. The summed E-state index contributed by atoms with van der Waals surface area (Å²) in [6.45, 7) is 7.45. The Morgan fingerprint density at radius 2 is 2.16 bits per heavy atom. The lowest BCUT2D eigenvalue weighted by Crippen LogP contribution is -2.18. The molecule has 1 N–H and O–H groups in total. The molecule has 1 unspecified atom stereocenters. The first-order valence-corrected chi connectivity index (χ1v) is 7.62. The van der Waals surface area contributed by atoms with E-state index in [0.29, 0.717) is 6.04 Å². The molecular weight excluding hydrogens is 254 g/mol. The zero-order chi connectivity index (χ0) is 13.7. The molecule has 0 saturated heterocycles. The minimum absolute atomic E-state index is 0.295. The van der Waals surface area contributed by atoms with E-state index >= 15 is 0 Å². The van der Waals surface area contributed by atoms with Gasteiger partial charge in [-0.05, 0) is 32.4 Å². The molecule has 0 saturated carbocycles. The Labute approximate surface area is 119 Å². The third kappa shape index (κ3) is 4.11. The van der Waals surface area contributed by atoms with E-state index in [4.69, 9.17) is 0 Å². The topological polar surface area (TPSA) is 37.8 Å². The van der Waals surface area contributed by atoms with Gasteiger partial charge in [0.15, 0.2) is 0 Å². The molecular formula is C15H21N3S. The fourth-order valence-corrected chi connectivity index (χ4v) is 2.86. The highest BCUT2D eigenvalue weighted by Crippen LogP contribution is 2.20. The van der Waals surface area contributed by atoms with Gasteiger partial charge in [0, 0.05) is 6.42 Å². The van der Waals surface area contributed by atoms with Crippen molar-refractivity contribution in [1.29, 1.82) is 0 Å². The molecule has 0 aliphatic rings. The number of benzene rings is 1. The van der Waals surface area contributed by atoms with Crippen molar-refractivity contribution >= 4 is 11.3 Å². The summed E-state index contributed by atoms with van der Waals surface area (Å²) in [5, 5.41) is 14.2. The summed E-state index contributed by atoms with van der Waals surface area (Å²) in [4.78, 5) is 0. The van der Waals surface area contributed by atoms with Gasteiger partial charge in [0.2, 0.25) is 0 Å². The number of hydrogen-bond acceptors (Lipinski definition) is 4. The molecule has 0 aliphatic carbocycles. The molecule has 4 heteroatoms. The van der Waals surface area contributed by atoms with Crippen molar-refractivity contribution in [3.05, 3.63) is 45.4 Å². The maximum Gasteiger partial charge on any atom is 0.134 e. The summed E-state index contributed by atoms with van der Waals surface area (Å²) in [7, 11) is 0. The lowest BCUT2D eigenvalue weighted by molar-refractivity contribution is 0.564. The lowest BCUT2D eigenvalue weighted by Gasteiger charge is -2.08. The van der Waals surface area contributed by atoms with Crippen LogP contribution in [0.2, 0.25) is 0 Å². The molecule has 0 spiro atoms. The highest BCUT2D eigenvalue weighted by atomic mass is 32.1. The first-order chi connectivity index (χ1) is 9.19. The SMILES string of the molecule is CCCNC(C)c1nnc(Cc2cccc(C)c2)s1. The molecule has 2 rings (SSSR count). The molecule has 0 bridgehead atoms. The van der Waals surface area contributed by atoms with E-state index in [1.807, 2.05) is 0 Å². The summed E-state index contributed by atoms with van der Waals surface area (Å²) < 4.78 is 0. The number of aromatic nitrogens is 2. The Kier molecular flexibility index (Phi) is 5.05. The van der Waals surface area contributed by atoms with Crippen LogP contribution in [0, 0.1) is 6.92 Å². The van der Waals surface area contributed by atoms with Crippen LogP contribution in [0.25, 0.3) is 0 Å². The van der Waals surface area contributed by atoms with E-state index < -0.39 is 0 Å². The van der Waals surface area contributed by atoms with Gasteiger partial charge in [0.1, 0.15) is 10.0 Å². The minimum Gasteiger partial charge on any atom is -0.308 e. The largest absolute Gasteiger partial charge is 0.308 e. The van der Waals surface area contributed by atoms with Gasteiger partial charge in [0.05, 0.1) is 6.04 Å². The van der Waals surface area contributed by atoms with Crippen LogP contribution in [-0.4, -0.2) is 16.7 Å². The Morgan fingerprint density at radius 1 is 1.32 bits per heavy atom. The van der Waals surface area contributed by atoms with Crippen LogP contribution in [0.4, 0.5) is 0 Å². The van der Waals surface area contributed by atoms with Crippen LogP contribution < -0.4 is 5.32 Å². The average Bonchev–Trinajstić information content (AvgIpc) is 2.84. The molecule has 0 amide bonds. The van der Waals surface area contributed by atoms with E-state index in [1.165, 1.54) is 11.1 Å². The minimum atomic E-state index is 0.295. The van der Waals surface area contributed by atoms with E-state index in [0.717, 1.165) is 29.4 Å². The number of nitrogens with zero attached hydrogens (tertiary/aromatic N) is 2. The molecule has 0 fully saturated rings. The second-order valence-corrected chi connectivity index (χ2v) is 5.97. The van der Waals surface area contributed by atoms with Crippen LogP contribution in [0.3, 0.4) is 0 Å².